The Bertz CT molecular complexity index is 484. The van der Waals surface area contributed by atoms with Crippen LogP contribution in [-0.4, -0.2) is 12.5 Å². The smallest absolute Gasteiger partial charge is 0.224 e. The summed E-state index contributed by atoms with van der Waals surface area (Å²) in [7, 11) is 0. The van der Waals surface area contributed by atoms with E-state index in [0.29, 0.717) is 12.3 Å². The van der Waals surface area contributed by atoms with Gasteiger partial charge in [-0.2, -0.15) is 0 Å². The molecule has 0 aromatic heterocycles. The van der Waals surface area contributed by atoms with Crippen LogP contribution in [0.4, 0.5) is 11.4 Å². The molecule has 1 aromatic rings. The van der Waals surface area contributed by atoms with Gasteiger partial charge in [0.15, 0.2) is 0 Å². The molecular weight excluding hydrogens is 284 g/mol. The minimum atomic E-state index is 0. The minimum absolute atomic E-state index is 0. The Hall–Kier alpha value is -1.22. The number of carbonyl (C=O) groups excluding carboxylic acids is 1. The largest absolute Gasteiger partial charge is 0.385 e. The number of hydrogen-bond acceptors (Lipinski definition) is 2. The molecule has 2 aliphatic rings. The molecule has 1 fully saturated rings. The van der Waals surface area contributed by atoms with Crippen LogP contribution in [0.15, 0.2) is 18.2 Å². The molecule has 3 rings (SSSR count). The van der Waals surface area contributed by atoms with E-state index in [-0.39, 0.29) is 18.3 Å². The normalized spacial score (nSPS) is 18.1. The lowest BCUT2D eigenvalue weighted by Crippen LogP contribution is -2.19. The molecule has 0 radical (unpaired) electrons. The third kappa shape index (κ3) is 4.37. The maximum Gasteiger partial charge on any atom is 0.224 e. The first-order valence-electron chi connectivity index (χ1n) is 7.98. The lowest BCUT2D eigenvalue weighted by atomic mass is 9.87. The predicted octanol–water partition coefficient (Wildman–Crippen LogP) is 4.38. The number of halogens is 1. The van der Waals surface area contributed by atoms with Crippen molar-refractivity contribution in [3.05, 3.63) is 23.8 Å². The van der Waals surface area contributed by atoms with Crippen molar-refractivity contribution in [2.24, 2.45) is 5.92 Å². The average Bonchev–Trinajstić information content (AvgIpc) is 2.48. The molecule has 1 amide bonds. The van der Waals surface area contributed by atoms with E-state index >= 15 is 0 Å². The first-order valence-corrected chi connectivity index (χ1v) is 7.98. The van der Waals surface area contributed by atoms with Crippen LogP contribution in [-0.2, 0) is 11.2 Å². The molecule has 0 bridgehead atoms. The van der Waals surface area contributed by atoms with Gasteiger partial charge in [0.2, 0.25) is 5.91 Å². The van der Waals surface area contributed by atoms with Crippen molar-refractivity contribution >= 4 is 29.7 Å². The molecule has 1 heterocycles. The third-order valence-corrected chi connectivity index (χ3v) is 4.53. The van der Waals surface area contributed by atoms with Gasteiger partial charge in [-0.05, 0) is 55.4 Å². The van der Waals surface area contributed by atoms with Crippen LogP contribution in [0.3, 0.4) is 0 Å². The Morgan fingerprint density at radius 2 is 2.00 bits per heavy atom. The summed E-state index contributed by atoms with van der Waals surface area (Å²) in [5.74, 6) is 0.781. The molecule has 0 spiro atoms. The molecule has 1 aromatic carbocycles. The highest BCUT2D eigenvalue weighted by Crippen LogP contribution is 2.28. The fourth-order valence-corrected chi connectivity index (χ4v) is 3.42. The third-order valence-electron chi connectivity index (χ3n) is 4.53. The van der Waals surface area contributed by atoms with Crippen molar-refractivity contribution in [2.75, 3.05) is 17.2 Å². The van der Waals surface area contributed by atoms with Crippen LogP contribution in [0.5, 0.6) is 0 Å². The first kappa shape index (κ1) is 16.2. The van der Waals surface area contributed by atoms with Crippen LogP contribution < -0.4 is 10.6 Å². The number of rotatable bonds is 3. The number of fused-ring (bicyclic) bond motifs is 1. The zero-order valence-electron chi connectivity index (χ0n) is 12.5. The first-order chi connectivity index (χ1) is 9.81. The van der Waals surface area contributed by atoms with Crippen LogP contribution >= 0.6 is 12.4 Å². The lowest BCUT2D eigenvalue weighted by Gasteiger charge is -2.21. The van der Waals surface area contributed by atoms with Crippen molar-refractivity contribution in [1.29, 1.82) is 0 Å². The van der Waals surface area contributed by atoms with E-state index in [1.54, 1.807) is 0 Å². The molecule has 116 valence electrons. The van der Waals surface area contributed by atoms with Gasteiger partial charge in [0.1, 0.15) is 0 Å². The highest BCUT2D eigenvalue weighted by molar-refractivity contribution is 5.91. The monoisotopic (exact) mass is 308 g/mol. The molecule has 1 aliphatic heterocycles. The van der Waals surface area contributed by atoms with Crippen molar-refractivity contribution in [1.82, 2.24) is 0 Å². The summed E-state index contributed by atoms with van der Waals surface area (Å²) in [6.07, 6.45) is 9.35. The zero-order chi connectivity index (χ0) is 13.8. The molecule has 4 heteroatoms. The van der Waals surface area contributed by atoms with Crippen LogP contribution in [0, 0.1) is 5.92 Å². The van der Waals surface area contributed by atoms with Gasteiger partial charge in [0, 0.05) is 24.3 Å². The molecule has 3 nitrogen and oxygen atoms in total. The minimum Gasteiger partial charge on any atom is -0.385 e. The van der Waals surface area contributed by atoms with Gasteiger partial charge in [-0.15, -0.1) is 12.4 Å². The molecule has 2 N–H and O–H groups in total. The quantitative estimate of drug-likeness (QED) is 0.870. The van der Waals surface area contributed by atoms with Crippen molar-refractivity contribution in [2.45, 2.75) is 51.4 Å². The number of benzene rings is 1. The molecule has 0 saturated heterocycles. The van der Waals surface area contributed by atoms with Gasteiger partial charge < -0.3 is 10.6 Å². The Balaban J connectivity index is 0.00000161. The van der Waals surface area contributed by atoms with Crippen molar-refractivity contribution in [3.63, 3.8) is 0 Å². The Labute approximate surface area is 133 Å². The zero-order valence-corrected chi connectivity index (χ0v) is 13.3. The van der Waals surface area contributed by atoms with Gasteiger partial charge >= 0.3 is 0 Å². The van der Waals surface area contributed by atoms with Crippen molar-refractivity contribution in [3.8, 4) is 0 Å². The summed E-state index contributed by atoms with van der Waals surface area (Å²) >= 11 is 0. The Morgan fingerprint density at radius 3 is 2.81 bits per heavy atom. The average molecular weight is 309 g/mol. The van der Waals surface area contributed by atoms with Crippen molar-refractivity contribution < 1.29 is 4.79 Å². The Morgan fingerprint density at radius 1 is 1.19 bits per heavy atom. The summed E-state index contributed by atoms with van der Waals surface area (Å²) in [5, 5.41) is 6.47. The molecule has 1 aliphatic carbocycles. The fourth-order valence-electron chi connectivity index (χ4n) is 3.42. The number of carbonyl (C=O) groups is 1. The second-order valence-corrected chi connectivity index (χ2v) is 6.16. The highest BCUT2D eigenvalue weighted by atomic mass is 35.5. The maximum atomic E-state index is 12.1. The predicted molar refractivity (Wildman–Crippen MR) is 90.3 cm³/mol. The van der Waals surface area contributed by atoms with E-state index in [1.807, 2.05) is 6.07 Å². The highest BCUT2D eigenvalue weighted by Gasteiger charge is 2.17. The lowest BCUT2D eigenvalue weighted by molar-refractivity contribution is -0.117. The molecule has 0 atom stereocenters. The van der Waals surface area contributed by atoms with E-state index in [2.05, 4.69) is 22.8 Å². The number of anilines is 2. The topological polar surface area (TPSA) is 41.1 Å². The summed E-state index contributed by atoms with van der Waals surface area (Å²) < 4.78 is 0. The van der Waals surface area contributed by atoms with Crippen LogP contribution in [0.1, 0.15) is 50.5 Å². The second kappa shape index (κ2) is 7.69. The van der Waals surface area contributed by atoms with Gasteiger partial charge in [-0.1, -0.05) is 19.3 Å². The van der Waals surface area contributed by atoms with Gasteiger partial charge in [-0.25, -0.2) is 0 Å². The number of hydrogen-bond donors (Lipinski definition) is 2. The van der Waals surface area contributed by atoms with Gasteiger partial charge in [0.05, 0.1) is 0 Å². The SMILES string of the molecule is Cl.O=C(CC1CCCCC1)Nc1ccc2c(c1)CCCN2. The maximum absolute atomic E-state index is 12.1. The summed E-state index contributed by atoms with van der Waals surface area (Å²) in [6, 6.07) is 6.22. The van der Waals surface area contributed by atoms with Crippen LogP contribution in [0.25, 0.3) is 0 Å². The second-order valence-electron chi connectivity index (χ2n) is 6.16. The van der Waals surface area contributed by atoms with E-state index in [9.17, 15) is 4.79 Å². The van der Waals surface area contributed by atoms with E-state index < -0.39 is 0 Å². The Kier molecular flexibility index (Phi) is 5.92. The van der Waals surface area contributed by atoms with E-state index in [1.165, 1.54) is 49.8 Å². The number of nitrogens with one attached hydrogen (secondary N) is 2. The summed E-state index contributed by atoms with van der Waals surface area (Å²) in [5.41, 5.74) is 3.50. The standard InChI is InChI=1S/C17H24N2O.ClH/c20-17(11-13-5-2-1-3-6-13)19-15-8-9-16-14(12-15)7-4-10-18-16;/h8-9,12-13,18H,1-7,10-11H2,(H,19,20);1H. The summed E-state index contributed by atoms with van der Waals surface area (Å²) in [4.78, 5) is 12.1. The van der Waals surface area contributed by atoms with Gasteiger partial charge in [0.25, 0.3) is 0 Å². The molecule has 21 heavy (non-hydrogen) atoms. The summed E-state index contributed by atoms with van der Waals surface area (Å²) in [6.45, 7) is 1.06. The van der Waals surface area contributed by atoms with E-state index in [0.717, 1.165) is 18.7 Å². The molecular formula is C17H25ClN2O. The fraction of sp³-hybridized carbons (Fsp3) is 0.588. The van der Waals surface area contributed by atoms with E-state index in [4.69, 9.17) is 0 Å². The molecule has 0 unspecified atom stereocenters. The van der Waals surface area contributed by atoms with Gasteiger partial charge in [-0.3, -0.25) is 4.79 Å². The van der Waals surface area contributed by atoms with Crippen LogP contribution in [0.2, 0.25) is 0 Å². The number of aryl methyl sites for hydroxylation is 1. The number of amides is 1. The molecule has 1 saturated carbocycles.